The second kappa shape index (κ2) is 8.52. The molecule has 6 nitrogen and oxygen atoms in total. The Kier molecular flexibility index (Phi) is 7.00. The summed E-state index contributed by atoms with van der Waals surface area (Å²) >= 11 is 11.3. The van der Waals surface area contributed by atoms with E-state index in [-0.39, 0.29) is 10.1 Å². The van der Waals surface area contributed by atoms with Crippen LogP contribution in [-0.4, -0.2) is 37.7 Å². The van der Waals surface area contributed by atoms with E-state index in [4.69, 9.17) is 33.7 Å². The zero-order valence-corrected chi connectivity index (χ0v) is 12.3. The highest BCUT2D eigenvalue weighted by Crippen LogP contribution is 2.15. The first-order valence-electron chi connectivity index (χ1n) is 5.66. The molecule has 108 valence electrons. The van der Waals surface area contributed by atoms with E-state index in [1.54, 1.807) is 25.2 Å². The maximum atomic E-state index is 10.4. The minimum atomic E-state index is -0.114. The quantitative estimate of drug-likeness (QED) is 0.358. The minimum Gasteiger partial charge on any atom is -0.476 e. The van der Waals surface area contributed by atoms with Crippen molar-refractivity contribution in [2.75, 3.05) is 25.2 Å². The number of carbonyl (C=O) groups is 1. The Bertz CT molecular complexity index is 520. The molecule has 1 rings (SSSR count). The number of allylic oxidation sites excluding steroid dienone is 2. The molecular formula is C12H14Cl2N4O2. The van der Waals surface area contributed by atoms with Gasteiger partial charge >= 0.3 is 0 Å². The van der Waals surface area contributed by atoms with Crippen LogP contribution in [0.3, 0.4) is 0 Å². The summed E-state index contributed by atoms with van der Waals surface area (Å²) in [5, 5.41) is 5.41. The Labute approximate surface area is 126 Å². The minimum absolute atomic E-state index is 0.0454. The van der Waals surface area contributed by atoms with Gasteiger partial charge in [-0.15, -0.1) is 0 Å². The molecule has 1 heterocycles. The molecule has 0 unspecified atom stereocenters. The van der Waals surface area contributed by atoms with Gasteiger partial charge in [-0.25, -0.2) is 0 Å². The molecule has 0 aliphatic heterocycles. The number of aldehydes is 1. The maximum Gasteiger partial charge on any atom is 0.215 e. The van der Waals surface area contributed by atoms with Crippen molar-refractivity contribution in [1.29, 1.82) is 0 Å². The second-order valence-electron chi connectivity index (χ2n) is 3.55. The number of aromatic nitrogens is 1. The monoisotopic (exact) mass is 316 g/mol. The van der Waals surface area contributed by atoms with E-state index in [1.165, 1.54) is 11.2 Å². The molecule has 8 heteroatoms. The molecule has 0 bridgehead atoms. The number of rotatable bonds is 7. The van der Waals surface area contributed by atoms with Gasteiger partial charge in [0.2, 0.25) is 5.88 Å². The lowest BCUT2D eigenvalue weighted by atomic mass is 10.4. The second-order valence-corrected chi connectivity index (χ2v) is 4.37. The lowest BCUT2D eigenvalue weighted by molar-refractivity contribution is -0.104. The Morgan fingerprint density at radius 3 is 2.90 bits per heavy atom. The normalized spacial score (nSPS) is 12.2. The van der Waals surface area contributed by atoms with Gasteiger partial charge in [0.1, 0.15) is 11.6 Å². The van der Waals surface area contributed by atoms with Crippen molar-refractivity contribution >= 4 is 41.5 Å². The van der Waals surface area contributed by atoms with Gasteiger partial charge in [0.15, 0.2) is 12.1 Å². The fraction of sp³-hybridized carbons (Fsp3) is 0.250. The molecule has 0 saturated carbocycles. The van der Waals surface area contributed by atoms with E-state index in [2.05, 4.69) is 10.1 Å². The first-order valence-corrected chi connectivity index (χ1v) is 6.42. The number of nitrogens with zero attached hydrogens (tertiary/aromatic N) is 3. The lowest BCUT2D eigenvalue weighted by Crippen LogP contribution is -2.13. The number of hydrogen-bond acceptors (Lipinski definition) is 6. The maximum absolute atomic E-state index is 10.4. The molecule has 0 saturated heterocycles. The molecule has 0 aliphatic carbocycles. The Morgan fingerprint density at radius 1 is 1.50 bits per heavy atom. The van der Waals surface area contributed by atoms with Gasteiger partial charge in [-0.05, 0) is 6.07 Å². The number of nitrogens with two attached hydrogens (primary N) is 1. The first kappa shape index (κ1) is 16.4. The molecule has 0 atom stereocenters. The third kappa shape index (κ3) is 5.16. The third-order valence-electron chi connectivity index (χ3n) is 2.08. The molecule has 20 heavy (non-hydrogen) atoms. The predicted octanol–water partition coefficient (Wildman–Crippen LogP) is 1.73. The van der Waals surface area contributed by atoms with Crippen LogP contribution in [0.5, 0.6) is 5.88 Å². The van der Waals surface area contributed by atoms with E-state index in [1.807, 2.05) is 0 Å². The van der Waals surface area contributed by atoms with Gasteiger partial charge in [-0.2, -0.15) is 10.1 Å². The van der Waals surface area contributed by atoms with Crippen LogP contribution >= 0.6 is 23.2 Å². The number of halogens is 2. The van der Waals surface area contributed by atoms with E-state index < -0.39 is 0 Å². The smallest absolute Gasteiger partial charge is 0.215 e. The standard InChI is InChI=1S/C12H14Cl2N4O2/c1-18(16-7-9(13)10(14)8-19)11-3-2-4-12(17-11)20-6-5-15/h2-4,7-8H,5-6,15H2,1H3/b10-9-,16-7-. The molecule has 1 aromatic heterocycles. The zero-order valence-electron chi connectivity index (χ0n) is 10.8. The van der Waals surface area contributed by atoms with Crippen molar-refractivity contribution in [3.8, 4) is 5.88 Å². The van der Waals surface area contributed by atoms with E-state index in [9.17, 15) is 4.79 Å². The third-order valence-corrected chi connectivity index (χ3v) is 2.77. The molecule has 0 fully saturated rings. The zero-order chi connectivity index (χ0) is 15.0. The van der Waals surface area contributed by atoms with Gasteiger partial charge in [0.05, 0.1) is 11.2 Å². The number of hydrazone groups is 1. The number of hydrogen-bond donors (Lipinski definition) is 1. The van der Waals surface area contributed by atoms with E-state index >= 15 is 0 Å². The fourth-order valence-corrected chi connectivity index (χ4v) is 1.28. The summed E-state index contributed by atoms with van der Waals surface area (Å²) < 4.78 is 5.31. The van der Waals surface area contributed by atoms with Crippen molar-refractivity contribution in [2.45, 2.75) is 0 Å². The van der Waals surface area contributed by atoms with Gasteiger partial charge in [0, 0.05) is 19.7 Å². The largest absolute Gasteiger partial charge is 0.476 e. The molecule has 0 radical (unpaired) electrons. The van der Waals surface area contributed by atoms with Crippen LogP contribution < -0.4 is 15.5 Å². The van der Waals surface area contributed by atoms with Crippen molar-refractivity contribution in [3.63, 3.8) is 0 Å². The van der Waals surface area contributed by atoms with Crippen LogP contribution in [-0.2, 0) is 4.79 Å². The molecule has 0 amide bonds. The molecule has 0 spiro atoms. The van der Waals surface area contributed by atoms with Gasteiger partial charge in [-0.3, -0.25) is 9.80 Å². The number of anilines is 1. The average Bonchev–Trinajstić information content (AvgIpc) is 2.49. The van der Waals surface area contributed by atoms with Gasteiger partial charge < -0.3 is 10.5 Å². The summed E-state index contributed by atoms with van der Waals surface area (Å²) in [7, 11) is 1.67. The van der Waals surface area contributed by atoms with E-state index in [0.29, 0.717) is 31.1 Å². The number of carbonyl (C=O) groups excluding carboxylic acids is 1. The fourth-order valence-electron chi connectivity index (χ4n) is 1.14. The van der Waals surface area contributed by atoms with Crippen LogP contribution in [0.25, 0.3) is 0 Å². The van der Waals surface area contributed by atoms with Crippen molar-refractivity contribution < 1.29 is 9.53 Å². The Morgan fingerprint density at radius 2 is 2.25 bits per heavy atom. The van der Waals surface area contributed by atoms with Gasteiger partial charge in [-0.1, -0.05) is 29.3 Å². The van der Waals surface area contributed by atoms with Crippen molar-refractivity contribution in [2.24, 2.45) is 10.8 Å². The average molecular weight is 317 g/mol. The summed E-state index contributed by atoms with van der Waals surface area (Å²) in [5.74, 6) is 0.991. The summed E-state index contributed by atoms with van der Waals surface area (Å²) in [5.41, 5.74) is 5.35. The highest BCUT2D eigenvalue weighted by Gasteiger charge is 2.03. The van der Waals surface area contributed by atoms with Crippen molar-refractivity contribution in [1.82, 2.24) is 4.98 Å². The Balaban J connectivity index is 2.79. The first-order chi connectivity index (χ1) is 9.58. The van der Waals surface area contributed by atoms with E-state index in [0.717, 1.165) is 0 Å². The van der Waals surface area contributed by atoms with Crippen LogP contribution in [0.15, 0.2) is 33.4 Å². The lowest BCUT2D eigenvalue weighted by Gasteiger charge is -2.12. The van der Waals surface area contributed by atoms with Gasteiger partial charge in [0.25, 0.3) is 0 Å². The topological polar surface area (TPSA) is 80.8 Å². The number of pyridine rings is 1. The number of ether oxygens (including phenoxy) is 1. The Hall–Kier alpha value is -1.63. The van der Waals surface area contributed by atoms with Crippen LogP contribution in [0, 0.1) is 0 Å². The molecule has 2 N–H and O–H groups in total. The van der Waals surface area contributed by atoms with Crippen molar-refractivity contribution in [3.05, 3.63) is 28.3 Å². The molecule has 0 aromatic carbocycles. The molecule has 0 aliphatic rings. The summed E-state index contributed by atoms with van der Waals surface area (Å²) in [6.07, 6.45) is 1.70. The van der Waals surface area contributed by atoms with Crippen LogP contribution in [0.2, 0.25) is 0 Å². The highest BCUT2D eigenvalue weighted by molar-refractivity contribution is 6.50. The summed E-state index contributed by atoms with van der Waals surface area (Å²) in [6, 6.07) is 5.23. The summed E-state index contributed by atoms with van der Waals surface area (Å²) in [6.45, 7) is 0.789. The van der Waals surface area contributed by atoms with Crippen LogP contribution in [0.1, 0.15) is 0 Å². The highest BCUT2D eigenvalue weighted by atomic mass is 35.5. The predicted molar refractivity (Wildman–Crippen MR) is 80.5 cm³/mol. The van der Waals surface area contributed by atoms with Crippen LogP contribution in [0.4, 0.5) is 5.82 Å². The summed E-state index contributed by atoms with van der Waals surface area (Å²) in [4.78, 5) is 14.6. The molecule has 1 aromatic rings. The molecular weight excluding hydrogens is 303 g/mol. The SMILES string of the molecule is CN(/N=C\C(Cl)=C(\Cl)C=O)c1cccc(OCCN)n1.